The van der Waals surface area contributed by atoms with Gasteiger partial charge in [-0.1, -0.05) is 35.0 Å². The van der Waals surface area contributed by atoms with Gasteiger partial charge in [0.25, 0.3) is 5.91 Å². The molecule has 1 aromatic carbocycles. The smallest absolute Gasteiger partial charge is 0.548 e. The minimum absolute atomic E-state index is 0. The van der Waals surface area contributed by atoms with Crippen LogP contribution in [-0.4, -0.2) is 50.0 Å². The molecule has 2 saturated heterocycles. The normalized spacial score (nSPS) is 23.9. The van der Waals surface area contributed by atoms with Crippen molar-refractivity contribution in [3.05, 3.63) is 40.6 Å². The van der Waals surface area contributed by atoms with Gasteiger partial charge < -0.3 is 24.6 Å². The van der Waals surface area contributed by atoms with Crippen molar-refractivity contribution in [2.75, 3.05) is 0 Å². The zero-order valence-electron chi connectivity index (χ0n) is 16.8. The number of rotatable bonds is 4. The number of aryl methyl sites for hydroxylation is 1. The fourth-order valence-corrected chi connectivity index (χ4v) is 5.66. The summed E-state index contributed by atoms with van der Waals surface area (Å²) < 4.78 is 4.47. The van der Waals surface area contributed by atoms with Crippen molar-refractivity contribution < 1.29 is 53.6 Å². The van der Waals surface area contributed by atoms with Gasteiger partial charge >= 0.3 is 29.6 Å². The third-order valence-corrected chi connectivity index (χ3v) is 7.07. The molecule has 2 amide bonds. The number of amides is 2. The Labute approximate surface area is 204 Å². The van der Waals surface area contributed by atoms with Crippen LogP contribution >= 0.6 is 23.4 Å². The third-order valence-electron chi connectivity index (χ3n) is 5.17. The molecule has 0 radical (unpaired) electrons. The quantitative estimate of drug-likeness (QED) is 0.426. The van der Waals surface area contributed by atoms with Crippen LogP contribution in [0.15, 0.2) is 28.8 Å². The van der Waals surface area contributed by atoms with Gasteiger partial charge in [-0.15, -0.1) is 11.8 Å². The van der Waals surface area contributed by atoms with Gasteiger partial charge in [-0.25, -0.2) is 0 Å². The molecule has 1 unspecified atom stereocenters. The number of β-lactam (4-membered cyclic amide) rings is 1. The number of hydrogen-bond acceptors (Lipinski definition) is 7. The Hall–Kier alpha value is -1.52. The summed E-state index contributed by atoms with van der Waals surface area (Å²) in [5, 5.41) is 18.1. The maximum absolute atomic E-state index is 13.0. The SMILES string of the molecule is Cc1onc(-c2ccccc2Cl)c1C(=O)N[C@@H]1C(=O)N2C(C(=O)[O-])C(C)(C)S[C@H]12.[Na+]. The van der Waals surface area contributed by atoms with E-state index in [-0.39, 0.29) is 46.6 Å². The molecular weight excluding hydrogens is 441 g/mol. The van der Waals surface area contributed by atoms with Crippen LogP contribution in [0.4, 0.5) is 0 Å². The van der Waals surface area contributed by atoms with Gasteiger partial charge in [-0.3, -0.25) is 9.59 Å². The summed E-state index contributed by atoms with van der Waals surface area (Å²) in [6.45, 7) is 5.07. The van der Waals surface area contributed by atoms with Gasteiger partial charge in [-0.05, 0) is 26.8 Å². The molecule has 2 aromatic rings. The van der Waals surface area contributed by atoms with Gasteiger partial charge in [0.2, 0.25) is 5.91 Å². The molecule has 0 aliphatic carbocycles. The van der Waals surface area contributed by atoms with Crippen molar-refractivity contribution in [2.45, 2.75) is 43.0 Å². The number of aromatic nitrogens is 1. The van der Waals surface area contributed by atoms with Crippen LogP contribution in [0, 0.1) is 6.92 Å². The number of thioether (sulfide) groups is 1. The van der Waals surface area contributed by atoms with E-state index in [2.05, 4.69) is 10.5 Å². The van der Waals surface area contributed by atoms with Crippen LogP contribution in [0.2, 0.25) is 5.02 Å². The number of halogens is 1. The average Bonchev–Trinajstić information content (AvgIpc) is 3.15. The van der Waals surface area contributed by atoms with Crippen LogP contribution in [0.25, 0.3) is 11.3 Å². The largest absolute Gasteiger partial charge is 1.00 e. The molecule has 4 rings (SSSR count). The van der Waals surface area contributed by atoms with Crippen molar-refractivity contribution in [2.24, 2.45) is 0 Å². The Morgan fingerprint density at radius 2 is 2.00 bits per heavy atom. The number of hydrogen-bond donors (Lipinski definition) is 1. The zero-order valence-corrected chi connectivity index (χ0v) is 20.3. The molecule has 3 atom stereocenters. The van der Waals surface area contributed by atoms with Crippen LogP contribution < -0.4 is 40.0 Å². The molecule has 152 valence electrons. The zero-order chi connectivity index (χ0) is 21.1. The summed E-state index contributed by atoms with van der Waals surface area (Å²) in [5.74, 6) is -2.01. The molecule has 0 saturated carbocycles. The maximum Gasteiger partial charge on any atom is 1.00 e. The number of fused-ring (bicyclic) bond motifs is 1. The predicted molar refractivity (Wildman–Crippen MR) is 104 cm³/mol. The molecule has 1 aromatic heterocycles. The van der Waals surface area contributed by atoms with E-state index in [1.165, 1.54) is 16.7 Å². The summed E-state index contributed by atoms with van der Waals surface area (Å²) in [6.07, 6.45) is 0. The molecule has 1 N–H and O–H groups in total. The molecule has 2 aliphatic heterocycles. The van der Waals surface area contributed by atoms with E-state index in [9.17, 15) is 19.5 Å². The number of carboxylic acids is 1. The van der Waals surface area contributed by atoms with E-state index < -0.39 is 40.0 Å². The Kier molecular flexibility index (Phi) is 6.33. The molecule has 2 fully saturated rings. The molecular formula is C19H17ClN3NaO5S. The van der Waals surface area contributed by atoms with E-state index in [1.807, 2.05) is 0 Å². The van der Waals surface area contributed by atoms with Crippen LogP contribution in [-0.2, 0) is 9.59 Å². The van der Waals surface area contributed by atoms with Crippen LogP contribution in [0.3, 0.4) is 0 Å². The standard InChI is InChI=1S/C19H18ClN3O5S.Na/c1-8-11(12(22-28-8)9-6-4-5-7-10(9)20)15(24)21-13-16(25)23-14(18(26)27)19(2,3)29-17(13)23;/h4-7,13-14,17H,1-3H3,(H,21,24)(H,26,27);/q;+1/p-1/t13-,14?,17-;/m1./s1. The Balaban J connectivity index is 0.00000256. The number of benzene rings is 1. The summed E-state index contributed by atoms with van der Waals surface area (Å²) in [5.41, 5.74) is 0.996. The second kappa shape index (κ2) is 8.20. The van der Waals surface area contributed by atoms with Crippen molar-refractivity contribution in [3.8, 4) is 11.3 Å². The average molecular weight is 458 g/mol. The first kappa shape index (κ1) is 23.1. The van der Waals surface area contributed by atoms with E-state index in [4.69, 9.17) is 16.1 Å². The third kappa shape index (κ3) is 3.56. The van der Waals surface area contributed by atoms with Crippen molar-refractivity contribution in [3.63, 3.8) is 0 Å². The number of carboxylic acid groups (broad SMARTS) is 1. The first-order valence-corrected chi connectivity index (χ1v) is 10.1. The Bertz CT molecular complexity index is 1040. The van der Waals surface area contributed by atoms with E-state index in [1.54, 1.807) is 45.0 Å². The minimum Gasteiger partial charge on any atom is -0.548 e. The van der Waals surface area contributed by atoms with Crippen LogP contribution in [0.5, 0.6) is 0 Å². The fourth-order valence-electron chi connectivity index (χ4n) is 3.82. The van der Waals surface area contributed by atoms with E-state index in [0.717, 1.165) is 0 Å². The molecule has 11 heteroatoms. The topological polar surface area (TPSA) is 116 Å². The summed E-state index contributed by atoms with van der Waals surface area (Å²) in [7, 11) is 0. The Morgan fingerprint density at radius 3 is 2.63 bits per heavy atom. The van der Waals surface area contributed by atoms with Crippen LogP contribution in [0.1, 0.15) is 30.0 Å². The summed E-state index contributed by atoms with van der Waals surface area (Å²) in [4.78, 5) is 38.3. The van der Waals surface area contributed by atoms with Gasteiger partial charge in [0, 0.05) is 10.3 Å². The summed E-state index contributed by atoms with van der Waals surface area (Å²) >= 11 is 7.54. The number of carbonyl (C=O) groups excluding carboxylic acids is 3. The molecule has 2 aliphatic rings. The number of nitrogens with one attached hydrogen (secondary N) is 1. The Morgan fingerprint density at radius 1 is 1.33 bits per heavy atom. The number of nitrogens with zero attached hydrogens (tertiary/aromatic N) is 2. The molecule has 0 bridgehead atoms. The van der Waals surface area contributed by atoms with Gasteiger partial charge in [-0.2, -0.15) is 0 Å². The van der Waals surface area contributed by atoms with E-state index in [0.29, 0.717) is 10.6 Å². The van der Waals surface area contributed by atoms with Gasteiger partial charge in [0.1, 0.15) is 28.4 Å². The predicted octanol–water partition coefficient (Wildman–Crippen LogP) is -1.78. The second-order valence-electron chi connectivity index (χ2n) is 7.47. The molecule has 3 heterocycles. The number of carbonyl (C=O) groups is 3. The second-order valence-corrected chi connectivity index (χ2v) is 9.65. The van der Waals surface area contributed by atoms with Crippen molar-refractivity contribution in [1.82, 2.24) is 15.4 Å². The molecule has 0 spiro atoms. The molecule has 30 heavy (non-hydrogen) atoms. The fraction of sp³-hybridized carbons (Fsp3) is 0.368. The maximum atomic E-state index is 13.0. The minimum atomic E-state index is -1.31. The van der Waals surface area contributed by atoms with Crippen molar-refractivity contribution in [1.29, 1.82) is 0 Å². The molecule has 8 nitrogen and oxygen atoms in total. The van der Waals surface area contributed by atoms with E-state index >= 15 is 0 Å². The van der Waals surface area contributed by atoms with Gasteiger partial charge in [0.15, 0.2) is 0 Å². The monoisotopic (exact) mass is 457 g/mol. The first-order valence-electron chi connectivity index (χ1n) is 8.86. The van der Waals surface area contributed by atoms with Crippen molar-refractivity contribution >= 4 is 41.1 Å². The summed E-state index contributed by atoms with van der Waals surface area (Å²) in [6, 6.07) is 5.02. The first-order chi connectivity index (χ1) is 13.6. The van der Waals surface area contributed by atoms with Gasteiger partial charge in [0.05, 0.1) is 17.0 Å². The number of aliphatic carboxylic acids is 1.